The molecule has 1 fully saturated rings. The Bertz CT molecular complexity index is 400. The van der Waals surface area contributed by atoms with Gasteiger partial charge >= 0.3 is 11.9 Å². The molecule has 2 rings (SSSR count). The average Bonchev–Trinajstić information content (AvgIpc) is 2.43. The normalized spacial score (nSPS) is 18.0. The van der Waals surface area contributed by atoms with Crippen LogP contribution in [0, 0.1) is 13.8 Å². The van der Waals surface area contributed by atoms with Crippen LogP contribution in [0.5, 0.6) is 0 Å². The van der Waals surface area contributed by atoms with Crippen LogP contribution in [0.3, 0.4) is 0 Å². The number of ether oxygens (including phenoxy) is 1. The lowest BCUT2D eigenvalue weighted by Crippen LogP contribution is -2.24. The Morgan fingerprint density at radius 1 is 1.20 bits per heavy atom. The van der Waals surface area contributed by atoms with Gasteiger partial charge in [0.1, 0.15) is 11.5 Å². The maximum absolute atomic E-state index is 11.1. The minimum Gasteiger partial charge on any atom is -0.466 e. The molecule has 1 aromatic heterocycles. The van der Waals surface area contributed by atoms with E-state index in [1.165, 1.54) is 0 Å². The third kappa shape index (κ3) is 1.93. The minimum atomic E-state index is -0.450. The maximum Gasteiger partial charge on any atom is 0.314 e. The molecule has 1 saturated heterocycles. The highest BCUT2D eigenvalue weighted by Gasteiger charge is 2.30. The number of rotatable bonds is 1. The monoisotopic (exact) mass is 208 g/mol. The van der Waals surface area contributed by atoms with Gasteiger partial charge in [-0.1, -0.05) is 0 Å². The predicted octanol–water partition coefficient (Wildman–Crippen LogP) is 1.84. The van der Waals surface area contributed by atoms with E-state index in [4.69, 9.17) is 4.42 Å². The van der Waals surface area contributed by atoms with Gasteiger partial charge in [0.05, 0.1) is 12.8 Å². The highest BCUT2D eigenvalue weighted by molar-refractivity contribution is 5.89. The van der Waals surface area contributed by atoms with Gasteiger partial charge in [0.15, 0.2) is 0 Å². The second-order valence-electron chi connectivity index (χ2n) is 3.82. The number of cyclic esters (lactones) is 2. The van der Waals surface area contributed by atoms with Crippen molar-refractivity contribution in [3.63, 3.8) is 0 Å². The molecule has 1 aromatic rings. The minimum absolute atomic E-state index is 0.0869. The topological polar surface area (TPSA) is 56.5 Å². The Morgan fingerprint density at radius 2 is 1.80 bits per heavy atom. The van der Waals surface area contributed by atoms with E-state index in [1.54, 1.807) is 0 Å². The van der Waals surface area contributed by atoms with Crippen LogP contribution in [0.25, 0.3) is 0 Å². The van der Waals surface area contributed by atoms with E-state index >= 15 is 0 Å². The summed E-state index contributed by atoms with van der Waals surface area (Å²) in [6.45, 7) is 3.69. The maximum atomic E-state index is 11.1. The summed E-state index contributed by atoms with van der Waals surface area (Å²) in [5.74, 6) is 0.592. The van der Waals surface area contributed by atoms with E-state index in [-0.39, 0.29) is 18.8 Å². The molecule has 0 bridgehead atoms. The summed E-state index contributed by atoms with van der Waals surface area (Å²) in [6, 6.07) is 1.88. The van der Waals surface area contributed by atoms with Gasteiger partial charge in [-0.3, -0.25) is 9.59 Å². The third-order valence-corrected chi connectivity index (χ3v) is 2.57. The van der Waals surface area contributed by atoms with Crippen molar-refractivity contribution in [2.45, 2.75) is 32.6 Å². The van der Waals surface area contributed by atoms with Crippen molar-refractivity contribution >= 4 is 11.9 Å². The average molecular weight is 208 g/mol. The number of furan rings is 1. The fourth-order valence-corrected chi connectivity index (χ4v) is 1.96. The summed E-state index contributed by atoms with van der Waals surface area (Å²) in [6.07, 6.45) is 0.511. The summed E-state index contributed by atoms with van der Waals surface area (Å²) < 4.78 is 9.85. The zero-order valence-corrected chi connectivity index (χ0v) is 8.70. The number of carbonyl (C=O) groups excluding carboxylic acids is 2. The van der Waals surface area contributed by atoms with Gasteiger partial charge in [0, 0.05) is 5.92 Å². The molecule has 1 aliphatic heterocycles. The van der Waals surface area contributed by atoms with Crippen LogP contribution in [0.1, 0.15) is 35.8 Å². The van der Waals surface area contributed by atoms with Crippen LogP contribution in [0.15, 0.2) is 10.5 Å². The highest BCUT2D eigenvalue weighted by Crippen LogP contribution is 2.31. The summed E-state index contributed by atoms with van der Waals surface area (Å²) in [4.78, 5) is 22.2. The number of esters is 2. The molecule has 80 valence electrons. The molecule has 0 radical (unpaired) electrons. The molecule has 0 unspecified atom stereocenters. The first kappa shape index (κ1) is 9.96. The van der Waals surface area contributed by atoms with Gasteiger partial charge in [-0.25, -0.2) is 0 Å². The molecular formula is C11H12O4. The lowest BCUT2D eigenvalue weighted by atomic mass is 9.91. The zero-order chi connectivity index (χ0) is 11.0. The highest BCUT2D eigenvalue weighted by atomic mass is 16.6. The number of carbonyl (C=O) groups is 2. The van der Waals surface area contributed by atoms with Crippen molar-refractivity contribution < 1.29 is 18.7 Å². The van der Waals surface area contributed by atoms with Crippen molar-refractivity contribution in [1.82, 2.24) is 0 Å². The Morgan fingerprint density at radius 3 is 2.27 bits per heavy atom. The lowest BCUT2D eigenvalue weighted by molar-refractivity contribution is -0.163. The van der Waals surface area contributed by atoms with Crippen molar-refractivity contribution in [2.75, 3.05) is 0 Å². The van der Waals surface area contributed by atoms with Gasteiger partial charge in [-0.15, -0.1) is 0 Å². The fourth-order valence-electron chi connectivity index (χ4n) is 1.96. The first-order chi connectivity index (χ1) is 7.06. The van der Waals surface area contributed by atoms with Gasteiger partial charge < -0.3 is 9.15 Å². The Kier molecular flexibility index (Phi) is 2.34. The molecule has 0 spiro atoms. The van der Waals surface area contributed by atoms with Crippen molar-refractivity contribution in [2.24, 2.45) is 0 Å². The second kappa shape index (κ2) is 3.53. The third-order valence-electron chi connectivity index (χ3n) is 2.57. The van der Waals surface area contributed by atoms with Crippen molar-refractivity contribution in [3.05, 3.63) is 23.2 Å². The van der Waals surface area contributed by atoms with Crippen molar-refractivity contribution in [1.29, 1.82) is 0 Å². The molecule has 0 N–H and O–H groups in total. The fraction of sp³-hybridized carbons (Fsp3) is 0.455. The number of aryl methyl sites for hydroxylation is 2. The number of hydrogen-bond acceptors (Lipinski definition) is 4. The summed E-state index contributed by atoms with van der Waals surface area (Å²) >= 11 is 0. The van der Waals surface area contributed by atoms with E-state index in [0.717, 1.165) is 17.1 Å². The largest absolute Gasteiger partial charge is 0.466 e. The molecule has 4 heteroatoms. The van der Waals surface area contributed by atoms with Crippen LogP contribution >= 0.6 is 0 Å². The molecule has 4 nitrogen and oxygen atoms in total. The summed E-state index contributed by atoms with van der Waals surface area (Å²) in [5.41, 5.74) is 0.942. The standard InChI is InChI=1S/C11H12O4/c1-6-3-9(7(2)14-6)8-4-10(12)15-11(13)5-8/h3,8H,4-5H2,1-2H3. The SMILES string of the molecule is Cc1cc(C2CC(=O)OC(=O)C2)c(C)o1. The number of hydrogen-bond donors (Lipinski definition) is 0. The Hall–Kier alpha value is -1.58. The van der Waals surface area contributed by atoms with E-state index in [1.807, 2.05) is 19.9 Å². The first-order valence-electron chi connectivity index (χ1n) is 4.86. The smallest absolute Gasteiger partial charge is 0.314 e. The van der Waals surface area contributed by atoms with Crippen molar-refractivity contribution in [3.8, 4) is 0 Å². The quantitative estimate of drug-likeness (QED) is 0.522. The van der Waals surface area contributed by atoms with Gasteiger partial charge in [0.25, 0.3) is 0 Å². The Balaban J connectivity index is 2.27. The molecule has 0 atom stereocenters. The molecule has 0 amide bonds. The van der Waals surface area contributed by atoms with Crippen LogP contribution in [-0.2, 0) is 14.3 Å². The van der Waals surface area contributed by atoms with Crippen LogP contribution in [-0.4, -0.2) is 11.9 Å². The lowest BCUT2D eigenvalue weighted by Gasteiger charge is -2.18. The molecule has 15 heavy (non-hydrogen) atoms. The van der Waals surface area contributed by atoms with Crippen LogP contribution in [0.2, 0.25) is 0 Å². The summed E-state index contributed by atoms with van der Waals surface area (Å²) in [5, 5.41) is 0. The Labute approximate surface area is 87.2 Å². The molecular weight excluding hydrogens is 196 g/mol. The van der Waals surface area contributed by atoms with Gasteiger partial charge in [0.2, 0.25) is 0 Å². The van der Waals surface area contributed by atoms with E-state index < -0.39 is 11.9 Å². The molecule has 1 aliphatic rings. The first-order valence-corrected chi connectivity index (χ1v) is 4.86. The van der Waals surface area contributed by atoms with Crippen LogP contribution < -0.4 is 0 Å². The van der Waals surface area contributed by atoms with E-state index in [2.05, 4.69) is 4.74 Å². The van der Waals surface area contributed by atoms with E-state index in [9.17, 15) is 9.59 Å². The zero-order valence-electron chi connectivity index (χ0n) is 8.70. The summed E-state index contributed by atoms with van der Waals surface area (Å²) in [7, 11) is 0. The van der Waals surface area contributed by atoms with Gasteiger partial charge in [-0.2, -0.15) is 0 Å². The second-order valence-corrected chi connectivity index (χ2v) is 3.82. The predicted molar refractivity (Wildman–Crippen MR) is 51.3 cm³/mol. The van der Waals surface area contributed by atoms with E-state index in [0.29, 0.717) is 0 Å². The molecule has 2 heterocycles. The van der Waals surface area contributed by atoms with Crippen LogP contribution in [0.4, 0.5) is 0 Å². The van der Waals surface area contributed by atoms with Gasteiger partial charge in [-0.05, 0) is 25.5 Å². The molecule has 0 aromatic carbocycles. The molecule has 0 aliphatic carbocycles. The molecule has 0 saturated carbocycles.